The van der Waals surface area contributed by atoms with Crippen molar-refractivity contribution in [2.75, 3.05) is 19.7 Å². The third kappa shape index (κ3) is 5.91. The number of rotatable bonds is 6. The third-order valence-corrected chi connectivity index (χ3v) is 5.12. The molecule has 0 radical (unpaired) electrons. The highest BCUT2D eigenvalue weighted by atomic mass is 32.2. The largest absolute Gasteiger partial charge is 0.468 e. The van der Waals surface area contributed by atoms with Gasteiger partial charge >= 0.3 is 6.18 Å². The van der Waals surface area contributed by atoms with E-state index in [1.807, 2.05) is 6.92 Å². The summed E-state index contributed by atoms with van der Waals surface area (Å²) < 4.78 is 69.3. The normalized spacial score (nSPS) is 20.1. The topological polar surface area (TPSA) is 71.5 Å². The van der Waals surface area contributed by atoms with Crippen LogP contribution in [0.1, 0.15) is 25.3 Å². The number of piperidine rings is 1. The number of hydrogen-bond acceptors (Lipinski definition) is 4. The second-order valence-corrected chi connectivity index (χ2v) is 7.59. The summed E-state index contributed by atoms with van der Waals surface area (Å²) in [5.41, 5.74) is 0.468. The van der Waals surface area contributed by atoms with Crippen LogP contribution in [0.15, 0.2) is 18.3 Å². The van der Waals surface area contributed by atoms with Crippen LogP contribution in [0.3, 0.4) is 0 Å². The molecule has 0 aromatic carbocycles. The van der Waals surface area contributed by atoms with Gasteiger partial charge in [-0.3, -0.25) is 0 Å². The molecule has 0 bridgehead atoms. The quantitative estimate of drug-likeness (QED) is 0.836. The monoisotopic (exact) mass is 367 g/mol. The molecule has 1 unspecified atom stereocenters. The summed E-state index contributed by atoms with van der Waals surface area (Å²) in [6.45, 7) is 1.44. The molecule has 1 aliphatic rings. The van der Waals surface area contributed by atoms with Gasteiger partial charge in [-0.2, -0.15) is 30.6 Å². The maximum absolute atomic E-state index is 12.3. The fraction of sp³-hybridized carbons (Fsp3) is 0.643. The summed E-state index contributed by atoms with van der Waals surface area (Å²) >= 11 is 0. The van der Waals surface area contributed by atoms with Gasteiger partial charge in [0.05, 0.1) is 0 Å². The third-order valence-electron chi connectivity index (χ3n) is 3.60. The average Bonchev–Trinajstić information content (AvgIpc) is 2.51. The van der Waals surface area contributed by atoms with Gasteiger partial charge in [-0.1, -0.05) is 6.92 Å². The summed E-state index contributed by atoms with van der Waals surface area (Å²) in [5.74, 6) is 0.106. The number of alkyl halides is 3. The van der Waals surface area contributed by atoms with Crippen molar-refractivity contribution in [2.24, 2.45) is 5.92 Å². The van der Waals surface area contributed by atoms with E-state index in [2.05, 4.69) is 14.4 Å². The van der Waals surface area contributed by atoms with Gasteiger partial charge in [-0.05, 0) is 30.4 Å². The van der Waals surface area contributed by atoms with Crippen molar-refractivity contribution in [3.8, 4) is 5.88 Å². The molecule has 1 fully saturated rings. The highest BCUT2D eigenvalue weighted by Gasteiger charge is 2.29. The van der Waals surface area contributed by atoms with Crippen LogP contribution in [0.2, 0.25) is 0 Å². The van der Waals surface area contributed by atoms with Crippen molar-refractivity contribution in [3.63, 3.8) is 0 Å². The number of aromatic nitrogens is 1. The molecule has 6 nitrogen and oxygen atoms in total. The Balaban J connectivity index is 1.93. The van der Waals surface area contributed by atoms with E-state index in [1.54, 1.807) is 0 Å². The molecule has 1 N–H and O–H groups in total. The summed E-state index contributed by atoms with van der Waals surface area (Å²) in [5, 5.41) is 0. The molecule has 2 rings (SSSR count). The van der Waals surface area contributed by atoms with E-state index in [-0.39, 0.29) is 12.4 Å². The molecule has 1 aromatic rings. The Bertz CT molecular complexity index is 652. The Hall–Kier alpha value is -1.39. The fourth-order valence-electron chi connectivity index (χ4n) is 2.43. The molecule has 0 saturated carbocycles. The second kappa shape index (κ2) is 7.66. The zero-order valence-electron chi connectivity index (χ0n) is 13.2. The van der Waals surface area contributed by atoms with Crippen molar-refractivity contribution in [2.45, 2.75) is 32.5 Å². The average molecular weight is 367 g/mol. The molecule has 2 heterocycles. The van der Waals surface area contributed by atoms with Crippen LogP contribution >= 0.6 is 0 Å². The minimum absolute atomic E-state index is 0.0435. The SMILES string of the molecule is CC1CCCN(S(=O)(=O)NCc2ccnc(OCC(F)(F)F)c2)C1. The van der Waals surface area contributed by atoms with Crippen LogP contribution < -0.4 is 9.46 Å². The maximum atomic E-state index is 12.3. The van der Waals surface area contributed by atoms with E-state index in [9.17, 15) is 21.6 Å². The lowest BCUT2D eigenvalue weighted by atomic mass is 10.0. The summed E-state index contributed by atoms with van der Waals surface area (Å²) in [4.78, 5) is 3.68. The second-order valence-electron chi connectivity index (χ2n) is 5.84. The molecule has 1 aromatic heterocycles. The molecule has 0 amide bonds. The zero-order valence-corrected chi connectivity index (χ0v) is 14.0. The molecule has 136 valence electrons. The first-order valence-corrected chi connectivity index (χ1v) is 8.99. The van der Waals surface area contributed by atoms with Crippen molar-refractivity contribution in [1.82, 2.24) is 14.0 Å². The maximum Gasteiger partial charge on any atom is 0.422 e. The molecule has 10 heteroatoms. The van der Waals surface area contributed by atoms with Crippen molar-refractivity contribution < 1.29 is 26.3 Å². The van der Waals surface area contributed by atoms with E-state index in [0.717, 1.165) is 12.8 Å². The number of ether oxygens (including phenoxy) is 1. The van der Waals surface area contributed by atoms with Crippen molar-refractivity contribution >= 4 is 10.2 Å². The predicted octanol–water partition coefficient (Wildman–Crippen LogP) is 2.09. The predicted molar refractivity (Wildman–Crippen MR) is 81.5 cm³/mol. The first-order valence-electron chi connectivity index (χ1n) is 7.55. The highest BCUT2D eigenvalue weighted by Crippen LogP contribution is 2.19. The van der Waals surface area contributed by atoms with Crippen LogP contribution in [0.4, 0.5) is 13.2 Å². The van der Waals surface area contributed by atoms with E-state index in [0.29, 0.717) is 24.6 Å². The smallest absolute Gasteiger partial charge is 0.422 e. The number of nitrogens with zero attached hydrogens (tertiary/aromatic N) is 2. The summed E-state index contributed by atoms with van der Waals surface area (Å²) in [6.07, 6.45) is -1.37. The first kappa shape index (κ1) is 18.9. The Morgan fingerprint density at radius 3 is 2.88 bits per heavy atom. The van der Waals surface area contributed by atoms with Gasteiger partial charge in [-0.15, -0.1) is 0 Å². The van der Waals surface area contributed by atoms with Crippen LogP contribution in [-0.4, -0.2) is 43.6 Å². The fourth-order valence-corrected chi connectivity index (χ4v) is 3.78. The van der Waals surface area contributed by atoms with Gasteiger partial charge in [-0.25, -0.2) is 4.98 Å². The Labute approximate surface area is 139 Å². The lowest BCUT2D eigenvalue weighted by Gasteiger charge is -2.30. The van der Waals surface area contributed by atoms with E-state index >= 15 is 0 Å². The van der Waals surface area contributed by atoms with Gasteiger partial charge < -0.3 is 4.74 Å². The van der Waals surface area contributed by atoms with Gasteiger partial charge in [0.25, 0.3) is 10.2 Å². The lowest BCUT2D eigenvalue weighted by molar-refractivity contribution is -0.154. The van der Waals surface area contributed by atoms with Crippen LogP contribution in [0.25, 0.3) is 0 Å². The molecule has 1 saturated heterocycles. The Morgan fingerprint density at radius 2 is 2.21 bits per heavy atom. The number of hydrogen-bond donors (Lipinski definition) is 1. The molecule has 1 atom stereocenters. The molecular formula is C14H20F3N3O3S. The molecule has 0 spiro atoms. The van der Waals surface area contributed by atoms with Crippen LogP contribution in [-0.2, 0) is 16.8 Å². The van der Waals surface area contributed by atoms with E-state index in [4.69, 9.17) is 0 Å². The number of nitrogens with one attached hydrogen (secondary N) is 1. The Kier molecular flexibility index (Phi) is 6.05. The lowest BCUT2D eigenvalue weighted by Crippen LogP contribution is -2.45. The Morgan fingerprint density at radius 1 is 1.46 bits per heavy atom. The van der Waals surface area contributed by atoms with E-state index in [1.165, 1.54) is 22.6 Å². The standard InChI is InChI=1S/C14H20F3N3O3S/c1-11-3-2-6-20(9-11)24(21,22)19-8-12-4-5-18-13(7-12)23-10-14(15,16)17/h4-5,7,11,19H,2-3,6,8-10H2,1H3. The van der Waals surface area contributed by atoms with Crippen LogP contribution in [0.5, 0.6) is 5.88 Å². The van der Waals surface area contributed by atoms with Gasteiger partial charge in [0.1, 0.15) is 0 Å². The van der Waals surface area contributed by atoms with Gasteiger partial charge in [0.15, 0.2) is 6.61 Å². The van der Waals surface area contributed by atoms with Gasteiger partial charge in [0.2, 0.25) is 5.88 Å². The molecule has 1 aliphatic heterocycles. The number of pyridine rings is 1. The molecule has 0 aliphatic carbocycles. The number of halogens is 3. The molecule has 24 heavy (non-hydrogen) atoms. The molecular weight excluding hydrogens is 347 g/mol. The minimum Gasteiger partial charge on any atom is -0.468 e. The van der Waals surface area contributed by atoms with E-state index < -0.39 is 23.0 Å². The van der Waals surface area contributed by atoms with Gasteiger partial charge in [0, 0.05) is 31.9 Å². The van der Waals surface area contributed by atoms with Crippen molar-refractivity contribution in [3.05, 3.63) is 23.9 Å². The minimum atomic E-state index is -4.45. The highest BCUT2D eigenvalue weighted by molar-refractivity contribution is 7.87. The first-order chi connectivity index (χ1) is 11.2. The van der Waals surface area contributed by atoms with Crippen molar-refractivity contribution in [1.29, 1.82) is 0 Å². The van der Waals surface area contributed by atoms with Crippen LogP contribution in [0, 0.1) is 5.92 Å². The summed E-state index contributed by atoms with van der Waals surface area (Å²) in [7, 11) is -3.62. The zero-order chi connectivity index (χ0) is 17.8. The summed E-state index contributed by atoms with van der Waals surface area (Å²) in [6, 6.07) is 2.80.